The van der Waals surface area contributed by atoms with E-state index in [4.69, 9.17) is 14.2 Å². The summed E-state index contributed by atoms with van der Waals surface area (Å²) >= 11 is 0. The van der Waals surface area contributed by atoms with Gasteiger partial charge in [0.2, 0.25) is 17.7 Å². The molecule has 4 rings (SSSR count). The molecule has 0 bridgehead atoms. The number of aromatic nitrogens is 1. The third-order valence-corrected chi connectivity index (χ3v) is 9.25. The Morgan fingerprint density at radius 2 is 1.65 bits per heavy atom. The molecule has 0 aromatic carbocycles. The Kier molecular flexibility index (Phi) is 13.4. The van der Waals surface area contributed by atoms with E-state index in [2.05, 4.69) is 15.6 Å². The molecule has 11 nitrogen and oxygen atoms in total. The van der Waals surface area contributed by atoms with Crippen molar-refractivity contribution in [3.8, 4) is 0 Å². The van der Waals surface area contributed by atoms with E-state index in [1.165, 1.54) is 0 Å². The summed E-state index contributed by atoms with van der Waals surface area (Å²) in [5, 5.41) is 6.11. The van der Waals surface area contributed by atoms with Gasteiger partial charge in [-0.25, -0.2) is 0 Å². The van der Waals surface area contributed by atoms with E-state index in [1.54, 1.807) is 17.3 Å². The number of likely N-dealkylation sites (tertiary alicyclic amines) is 1. The molecule has 1 aromatic heterocycles. The van der Waals surface area contributed by atoms with Crippen molar-refractivity contribution in [2.24, 2.45) is 11.8 Å². The van der Waals surface area contributed by atoms with Crippen molar-refractivity contribution in [1.29, 1.82) is 0 Å². The van der Waals surface area contributed by atoms with Crippen LogP contribution >= 0.6 is 0 Å². The maximum Gasteiger partial charge on any atom is 0.309 e. The molecule has 2 aliphatic carbocycles. The third kappa shape index (κ3) is 10.8. The molecule has 2 N–H and O–H groups in total. The Morgan fingerprint density at radius 1 is 0.978 bits per heavy atom. The summed E-state index contributed by atoms with van der Waals surface area (Å²) < 4.78 is 17.6. The molecule has 1 aromatic rings. The van der Waals surface area contributed by atoms with Crippen molar-refractivity contribution in [2.75, 3.05) is 26.3 Å². The molecule has 2 atom stereocenters. The molecular weight excluding hydrogens is 588 g/mol. The first-order valence-electron chi connectivity index (χ1n) is 17.3. The first kappa shape index (κ1) is 35.8. The van der Waals surface area contributed by atoms with Gasteiger partial charge in [-0.1, -0.05) is 6.07 Å². The fraction of sp³-hybridized carbons (Fsp3) is 0.743. The molecule has 1 saturated heterocycles. The number of hydrogen-bond donors (Lipinski definition) is 2. The SMILES string of the molecule is CCN1C(=O)C[C@H](C(=O)NCCOC2CCC(OCCCC(=O)NC3CCC(C(=O)OC(C)(C)C)CC3)CC2)[C@H]1c1cccnc1. The second-order valence-corrected chi connectivity index (χ2v) is 13.9. The minimum Gasteiger partial charge on any atom is -0.460 e. The summed E-state index contributed by atoms with van der Waals surface area (Å²) in [6.45, 7) is 9.51. The van der Waals surface area contributed by atoms with Crippen molar-refractivity contribution in [3.63, 3.8) is 0 Å². The van der Waals surface area contributed by atoms with E-state index >= 15 is 0 Å². The number of ether oxygens (including phenoxy) is 3. The molecule has 3 fully saturated rings. The number of esters is 1. The van der Waals surface area contributed by atoms with E-state index < -0.39 is 11.5 Å². The van der Waals surface area contributed by atoms with Crippen molar-refractivity contribution in [3.05, 3.63) is 30.1 Å². The van der Waals surface area contributed by atoms with Crippen molar-refractivity contribution >= 4 is 23.7 Å². The van der Waals surface area contributed by atoms with Crippen molar-refractivity contribution in [1.82, 2.24) is 20.5 Å². The quantitative estimate of drug-likeness (QED) is 0.227. The first-order valence-corrected chi connectivity index (χ1v) is 17.3. The highest BCUT2D eigenvalue weighted by Crippen LogP contribution is 2.37. The van der Waals surface area contributed by atoms with E-state index in [0.717, 1.165) is 56.9 Å². The standard InChI is InChI=1S/C35H54N4O7/c1-5-39-31(41)22-29(32(39)25-8-6-18-36-23-25)33(42)37-19-21-45-28-16-14-27(15-17-28)44-20-7-9-30(40)38-26-12-10-24(11-13-26)34(43)46-35(2,3)4/h6,8,18,23-24,26-29,32H,5,7,9-17,19-22H2,1-4H3,(H,37,42)(H,38,40)/t24?,26?,27?,28?,29-,32+/m0/s1. The Bertz CT molecular complexity index is 1140. The average Bonchev–Trinajstić information content (AvgIpc) is 3.38. The zero-order chi connectivity index (χ0) is 33.1. The van der Waals surface area contributed by atoms with Gasteiger partial charge in [-0.15, -0.1) is 0 Å². The van der Waals surface area contributed by atoms with Crippen LogP contribution < -0.4 is 10.6 Å². The largest absolute Gasteiger partial charge is 0.460 e. The lowest BCUT2D eigenvalue weighted by atomic mass is 9.86. The number of carbonyl (C=O) groups excluding carboxylic acids is 4. The van der Waals surface area contributed by atoms with Gasteiger partial charge in [0.05, 0.1) is 36.7 Å². The molecule has 1 aliphatic heterocycles. The van der Waals surface area contributed by atoms with Gasteiger partial charge < -0.3 is 29.7 Å². The normalized spacial score (nSPS) is 26.9. The van der Waals surface area contributed by atoms with Crippen molar-refractivity contribution < 1.29 is 33.4 Å². The Balaban J connectivity index is 1.03. The van der Waals surface area contributed by atoms with Crippen LogP contribution in [-0.2, 0) is 33.4 Å². The monoisotopic (exact) mass is 642 g/mol. The third-order valence-electron chi connectivity index (χ3n) is 9.25. The molecule has 3 aliphatic rings. The second kappa shape index (κ2) is 17.2. The van der Waals surface area contributed by atoms with Crippen LogP contribution in [0.5, 0.6) is 0 Å². The highest BCUT2D eigenvalue weighted by atomic mass is 16.6. The molecule has 0 radical (unpaired) electrons. The van der Waals surface area contributed by atoms with Crippen LogP contribution in [0.4, 0.5) is 0 Å². The second-order valence-electron chi connectivity index (χ2n) is 13.9. The summed E-state index contributed by atoms with van der Waals surface area (Å²) in [6, 6.07) is 3.58. The molecule has 3 amide bonds. The average molecular weight is 643 g/mol. The number of nitrogens with one attached hydrogen (secondary N) is 2. The Morgan fingerprint density at radius 3 is 2.26 bits per heavy atom. The van der Waals surface area contributed by atoms with Crippen LogP contribution in [0.15, 0.2) is 24.5 Å². The maximum atomic E-state index is 13.0. The van der Waals surface area contributed by atoms with Crippen molar-refractivity contribution in [2.45, 2.75) is 128 Å². The Labute approximate surface area is 273 Å². The molecule has 2 saturated carbocycles. The van der Waals surface area contributed by atoms with Gasteiger partial charge in [-0.05, 0) is 97.1 Å². The lowest BCUT2D eigenvalue weighted by molar-refractivity contribution is -0.161. The maximum absolute atomic E-state index is 13.0. The van der Waals surface area contributed by atoms with Crippen LogP contribution in [0.1, 0.15) is 110 Å². The lowest BCUT2D eigenvalue weighted by Crippen LogP contribution is -2.39. The number of carbonyl (C=O) groups is 4. The minimum absolute atomic E-state index is 0.00880. The number of hydrogen-bond acceptors (Lipinski definition) is 8. The van der Waals surface area contributed by atoms with Gasteiger partial charge in [-0.3, -0.25) is 24.2 Å². The smallest absolute Gasteiger partial charge is 0.309 e. The number of rotatable bonds is 14. The predicted octanol–water partition coefficient (Wildman–Crippen LogP) is 4.25. The molecule has 46 heavy (non-hydrogen) atoms. The highest BCUT2D eigenvalue weighted by Gasteiger charge is 2.43. The first-order chi connectivity index (χ1) is 22.0. The van der Waals surface area contributed by atoms with Gasteiger partial charge in [0.15, 0.2) is 0 Å². The van der Waals surface area contributed by atoms with Crippen LogP contribution in [0, 0.1) is 11.8 Å². The highest BCUT2D eigenvalue weighted by molar-refractivity contribution is 5.90. The predicted molar refractivity (Wildman–Crippen MR) is 172 cm³/mol. The fourth-order valence-corrected chi connectivity index (χ4v) is 6.90. The summed E-state index contributed by atoms with van der Waals surface area (Å²) in [6.07, 6.45) is 11.8. The Hall–Kier alpha value is -3.05. The topological polar surface area (TPSA) is 136 Å². The fourth-order valence-electron chi connectivity index (χ4n) is 6.90. The number of pyridine rings is 1. The molecule has 0 spiro atoms. The van der Waals surface area contributed by atoms with Gasteiger partial charge >= 0.3 is 5.97 Å². The summed E-state index contributed by atoms with van der Waals surface area (Å²) in [4.78, 5) is 56.3. The molecule has 11 heteroatoms. The van der Waals surface area contributed by atoms with E-state index in [0.29, 0.717) is 39.1 Å². The lowest BCUT2D eigenvalue weighted by Gasteiger charge is -2.30. The summed E-state index contributed by atoms with van der Waals surface area (Å²) in [5.74, 6) is -0.735. The van der Waals surface area contributed by atoms with Crippen LogP contribution in [0.25, 0.3) is 0 Å². The van der Waals surface area contributed by atoms with E-state index in [1.807, 2.05) is 39.8 Å². The zero-order valence-electron chi connectivity index (χ0n) is 28.1. The molecule has 0 unspecified atom stereocenters. The van der Waals surface area contributed by atoms with Crippen LogP contribution in [0.3, 0.4) is 0 Å². The summed E-state index contributed by atoms with van der Waals surface area (Å²) in [7, 11) is 0. The van der Waals surface area contributed by atoms with Crippen LogP contribution in [0.2, 0.25) is 0 Å². The molecule has 256 valence electrons. The minimum atomic E-state index is -0.471. The van der Waals surface area contributed by atoms with Gasteiger partial charge in [0, 0.05) is 51.0 Å². The zero-order valence-corrected chi connectivity index (χ0v) is 28.1. The molecular formula is C35H54N4O7. The molecule has 2 heterocycles. The van der Waals surface area contributed by atoms with Crippen LogP contribution in [-0.4, -0.2) is 83.7 Å². The summed E-state index contributed by atoms with van der Waals surface area (Å²) in [5.41, 5.74) is 0.408. The number of nitrogens with zero attached hydrogens (tertiary/aromatic N) is 2. The van der Waals surface area contributed by atoms with Gasteiger partial charge in [0.25, 0.3) is 0 Å². The van der Waals surface area contributed by atoms with E-state index in [9.17, 15) is 19.2 Å². The number of amides is 3. The van der Waals surface area contributed by atoms with E-state index in [-0.39, 0.29) is 60.3 Å². The van der Waals surface area contributed by atoms with Gasteiger partial charge in [-0.2, -0.15) is 0 Å². The van der Waals surface area contributed by atoms with Gasteiger partial charge in [0.1, 0.15) is 5.60 Å².